The second-order valence-corrected chi connectivity index (χ2v) is 8.42. The highest BCUT2D eigenvalue weighted by atomic mass is 16.5. The van der Waals surface area contributed by atoms with Crippen molar-refractivity contribution in [1.29, 1.82) is 0 Å². The number of ether oxygens (including phenoxy) is 1. The van der Waals surface area contributed by atoms with Crippen molar-refractivity contribution in [3.63, 3.8) is 0 Å². The van der Waals surface area contributed by atoms with Crippen molar-refractivity contribution in [3.8, 4) is 22.7 Å². The third-order valence-corrected chi connectivity index (χ3v) is 6.22. The van der Waals surface area contributed by atoms with E-state index in [1.807, 2.05) is 53.2 Å². The summed E-state index contributed by atoms with van der Waals surface area (Å²) in [6.45, 7) is 0.660. The first-order chi connectivity index (χ1) is 16.2. The number of amides is 1. The Hall–Kier alpha value is -3.78. The van der Waals surface area contributed by atoms with Crippen molar-refractivity contribution < 1.29 is 13.9 Å². The van der Waals surface area contributed by atoms with Crippen LogP contribution in [0.15, 0.2) is 70.9 Å². The van der Waals surface area contributed by atoms with E-state index in [1.54, 1.807) is 6.20 Å². The van der Waals surface area contributed by atoms with Gasteiger partial charge in [-0.3, -0.25) is 4.79 Å². The van der Waals surface area contributed by atoms with Crippen molar-refractivity contribution in [3.05, 3.63) is 66.5 Å². The maximum atomic E-state index is 12.4. The zero-order valence-electron chi connectivity index (χ0n) is 18.0. The molecule has 2 unspecified atom stereocenters. The van der Waals surface area contributed by atoms with Crippen LogP contribution < -0.4 is 5.32 Å². The van der Waals surface area contributed by atoms with E-state index in [4.69, 9.17) is 9.15 Å². The molecule has 33 heavy (non-hydrogen) atoms. The SMILES string of the molecule is O=C(NC1=CC(n2nncc2-c2ccc(-c3nc4ccccc4o3)cc2)CC1)C1CCCO1. The number of rotatable bonds is 5. The van der Waals surface area contributed by atoms with Gasteiger partial charge in [0.25, 0.3) is 5.91 Å². The molecule has 4 aromatic rings. The number of hydrogen-bond donors (Lipinski definition) is 1. The Morgan fingerprint density at radius 3 is 2.73 bits per heavy atom. The lowest BCUT2D eigenvalue weighted by Crippen LogP contribution is -2.33. The van der Waals surface area contributed by atoms with E-state index < -0.39 is 0 Å². The Bertz CT molecular complexity index is 1300. The topological polar surface area (TPSA) is 95.1 Å². The number of hydrogen-bond acceptors (Lipinski definition) is 6. The fourth-order valence-corrected chi connectivity index (χ4v) is 4.50. The number of benzene rings is 2. The van der Waals surface area contributed by atoms with Gasteiger partial charge in [0.1, 0.15) is 11.6 Å². The molecule has 8 nitrogen and oxygen atoms in total. The van der Waals surface area contributed by atoms with Crippen molar-refractivity contribution in [2.45, 2.75) is 37.8 Å². The molecule has 8 heteroatoms. The second kappa shape index (κ2) is 8.29. The molecule has 2 aromatic heterocycles. The number of carbonyl (C=O) groups is 1. The highest BCUT2D eigenvalue weighted by Crippen LogP contribution is 2.32. The molecule has 1 saturated heterocycles. The molecule has 1 fully saturated rings. The second-order valence-electron chi connectivity index (χ2n) is 8.42. The summed E-state index contributed by atoms with van der Waals surface area (Å²) in [6.07, 6.45) is 6.88. The first-order valence-corrected chi connectivity index (χ1v) is 11.2. The van der Waals surface area contributed by atoms with E-state index in [0.29, 0.717) is 12.5 Å². The number of allylic oxidation sites excluding steroid dienone is 2. The molecule has 0 saturated carbocycles. The first kappa shape index (κ1) is 19.9. The molecule has 0 bridgehead atoms. The number of carbonyl (C=O) groups excluding carboxylic acids is 1. The number of nitrogens with one attached hydrogen (secondary N) is 1. The average Bonchev–Trinajstić information content (AvgIpc) is 3.65. The summed E-state index contributed by atoms with van der Waals surface area (Å²) in [5.41, 5.74) is 5.38. The van der Waals surface area contributed by atoms with E-state index in [9.17, 15) is 4.79 Å². The van der Waals surface area contributed by atoms with Crippen LogP contribution in [0.1, 0.15) is 31.7 Å². The Morgan fingerprint density at radius 2 is 1.91 bits per heavy atom. The maximum Gasteiger partial charge on any atom is 0.253 e. The zero-order chi connectivity index (χ0) is 22.2. The van der Waals surface area contributed by atoms with Crippen LogP contribution in [0.3, 0.4) is 0 Å². The predicted molar refractivity (Wildman–Crippen MR) is 122 cm³/mol. The highest BCUT2D eigenvalue weighted by Gasteiger charge is 2.27. The summed E-state index contributed by atoms with van der Waals surface area (Å²) in [4.78, 5) is 16.9. The normalized spacial score (nSPS) is 20.3. The summed E-state index contributed by atoms with van der Waals surface area (Å²) in [7, 11) is 0. The van der Waals surface area contributed by atoms with Crippen molar-refractivity contribution >= 4 is 17.0 Å². The number of nitrogens with zero attached hydrogens (tertiary/aromatic N) is 4. The van der Waals surface area contributed by atoms with Crippen LogP contribution in [0.2, 0.25) is 0 Å². The first-order valence-electron chi connectivity index (χ1n) is 11.2. The van der Waals surface area contributed by atoms with E-state index in [2.05, 4.69) is 26.7 Å². The van der Waals surface area contributed by atoms with Gasteiger partial charge >= 0.3 is 0 Å². The third kappa shape index (κ3) is 3.82. The Kier molecular flexibility index (Phi) is 4.99. The van der Waals surface area contributed by atoms with Gasteiger partial charge in [-0.2, -0.15) is 0 Å². The van der Waals surface area contributed by atoms with Gasteiger partial charge in [-0.25, -0.2) is 9.67 Å². The highest BCUT2D eigenvalue weighted by molar-refractivity contribution is 5.82. The van der Waals surface area contributed by atoms with E-state index in [1.165, 1.54) is 0 Å². The Morgan fingerprint density at radius 1 is 1.06 bits per heavy atom. The van der Waals surface area contributed by atoms with Crippen LogP contribution in [0.25, 0.3) is 33.8 Å². The number of oxazole rings is 1. The van der Waals surface area contributed by atoms with Crippen LogP contribution in [0.4, 0.5) is 0 Å². The number of aromatic nitrogens is 4. The van der Waals surface area contributed by atoms with E-state index in [0.717, 1.165) is 59.3 Å². The molecule has 2 aromatic carbocycles. The van der Waals surface area contributed by atoms with Crippen molar-refractivity contribution in [2.75, 3.05) is 6.61 Å². The number of fused-ring (bicyclic) bond motifs is 1. The monoisotopic (exact) mass is 441 g/mol. The fourth-order valence-electron chi connectivity index (χ4n) is 4.50. The van der Waals surface area contributed by atoms with E-state index >= 15 is 0 Å². The minimum Gasteiger partial charge on any atom is -0.436 e. The summed E-state index contributed by atoms with van der Waals surface area (Å²) >= 11 is 0. The van der Waals surface area contributed by atoms with Gasteiger partial charge in [0, 0.05) is 23.4 Å². The molecule has 3 heterocycles. The third-order valence-electron chi connectivity index (χ3n) is 6.22. The summed E-state index contributed by atoms with van der Waals surface area (Å²) in [6, 6.07) is 15.8. The molecule has 1 aliphatic carbocycles. The average molecular weight is 441 g/mol. The largest absolute Gasteiger partial charge is 0.436 e. The predicted octanol–water partition coefficient (Wildman–Crippen LogP) is 4.27. The van der Waals surface area contributed by atoms with Gasteiger partial charge in [0.05, 0.1) is 17.9 Å². The quantitative estimate of drug-likeness (QED) is 0.497. The van der Waals surface area contributed by atoms with Gasteiger partial charge in [-0.15, -0.1) is 5.10 Å². The van der Waals surface area contributed by atoms with Gasteiger partial charge < -0.3 is 14.5 Å². The molecular weight excluding hydrogens is 418 g/mol. The summed E-state index contributed by atoms with van der Waals surface area (Å²) < 4.78 is 13.3. The lowest BCUT2D eigenvalue weighted by atomic mass is 10.1. The number of para-hydroxylation sites is 2. The van der Waals surface area contributed by atoms with E-state index in [-0.39, 0.29) is 18.1 Å². The van der Waals surface area contributed by atoms with Crippen LogP contribution in [-0.2, 0) is 9.53 Å². The van der Waals surface area contributed by atoms with Gasteiger partial charge in [0.2, 0.25) is 5.89 Å². The molecule has 0 radical (unpaired) electrons. The molecule has 1 aliphatic heterocycles. The van der Waals surface area contributed by atoms with Crippen LogP contribution in [-0.4, -0.2) is 38.6 Å². The van der Waals surface area contributed by atoms with Crippen molar-refractivity contribution in [2.24, 2.45) is 0 Å². The maximum absolute atomic E-state index is 12.4. The summed E-state index contributed by atoms with van der Waals surface area (Å²) in [5.74, 6) is 0.549. The van der Waals surface area contributed by atoms with Gasteiger partial charge in [-0.1, -0.05) is 29.5 Å². The molecule has 1 amide bonds. The van der Waals surface area contributed by atoms with Crippen LogP contribution >= 0.6 is 0 Å². The zero-order valence-corrected chi connectivity index (χ0v) is 18.0. The molecule has 6 rings (SSSR count). The van der Waals surface area contributed by atoms with Gasteiger partial charge in [-0.05, 0) is 56.0 Å². The smallest absolute Gasteiger partial charge is 0.253 e. The molecule has 0 spiro atoms. The standard InChI is InChI=1S/C25H23N5O3/c31-24(23-6-3-13-32-23)27-18-11-12-19(14-18)30-21(15-26-29-30)16-7-9-17(10-8-16)25-28-20-4-1-2-5-22(20)33-25/h1-2,4-5,7-10,14-15,19,23H,3,6,11-13H2,(H,27,31). The lowest BCUT2D eigenvalue weighted by molar-refractivity contribution is -0.129. The molecule has 2 aliphatic rings. The Labute approximate surface area is 190 Å². The minimum absolute atomic E-state index is 0.0408. The van der Waals surface area contributed by atoms with Crippen molar-refractivity contribution in [1.82, 2.24) is 25.3 Å². The minimum atomic E-state index is -0.327. The van der Waals surface area contributed by atoms with Crippen LogP contribution in [0.5, 0.6) is 0 Å². The molecular formula is C25H23N5O3. The summed E-state index contributed by atoms with van der Waals surface area (Å²) in [5, 5.41) is 11.5. The molecule has 2 atom stereocenters. The fraction of sp³-hybridized carbons (Fsp3) is 0.280. The molecule has 1 N–H and O–H groups in total. The Balaban J connectivity index is 1.20. The van der Waals surface area contributed by atoms with Gasteiger partial charge in [0.15, 0.2) is 5.58 Å². The lowest BCUT2D eigenvalue weighted by Gasteiger charge is -2.12. The molecule has 166 valence electrons. The van der Waals surface area contributed by atoms with Crippen LogP contribution in [0, 0.1) is 0 Å².